The van der Waals surface area contributed by atoms with Crippen LogP contribution in [0.25, 0.3) is 0 Å². The van der Waals surface area contributed by atoms with Crippen molar-refractivity contribution < 1.29 is 60.6 Å². The SMILES string of the molecule is CC(F)[C@]1(COP(=O)(O)OP(=O)(O)OP(=O)(O)O)OC(n2ccc(N)nc2=O)[C@H](Cl)[C@@H]1O. The van der Waals surface area contributed by atoms with Gasteiger partial charge in [0, 0.05) is 6.20 Å². The van der Waals surface area contributed by atoms with E-state index in [1.807, 2.05) is 0 Å². The number of hydrogen-bond acceptors (Lipinski definition) is 11. The smallest absolute Gasteiger partial charge is 0.388 e. The molecule has 0 amide bonds. The van der Waals surface area contributed by atoms with Crippen LogP contribution in [-0.2, 0) is 31.6 Å². The predicted molar refractivity (Wildman–Crippen MR) is 102 cm³/mol. The number of aliphatic hydroxyl groups is 1. The number of hydrogen-bond donors (Lipinski definition) is 6. The Kier molecular flexibility index (Phi) is 8.13. The maximum atomic E-state index is 14.5. The molecule has 1 aliphatic rings. The van der Waals surface area contributed by atoms with Crippen LogP contribution in [-0.4, -0.2) is 64.1 Å². The molecule has 0 bridgehead atoms. The van der Waals surface area contributed by atoms with Gasteiger partial charge in [-0.1, -0.05) is 0 Å². The first-order chi connectivity index (χ1) is 14.4. The van der Waals surface area contributed by atoms with Gasteiger partial charge >= 0.3 is 29.2 Å². The number of ether oxygens (including phenoxy) is 1. The highest BCUT2D eigenvalue weighted by molar-refractivity contribution is 7.66. The van der Waals surface area contributed by atoms with Crippen molar-refractivity contribution in [3.63, 3.8) is 0 Å². The van der Waals surface area contributed by atoms with E-state index < -0.39 is 65.2 Å². The summed E-state index contributed by atoms with van der Waals surface area (Å²) in [5.41, 5.74) is 1.88. The first-order valence-corrected chi connectivity index (χ1v) is 13.1. The number of halogens is 2. The lowest BCUT2D eigenvalue weighted by Crippen LogP contribution is -2.52. The largest absolute Gasteiger partial charge is 0.490 e. The van der Waals surface area contributed by atoms with Gasteiger partial charge in [0.15, 0.2) is 11.8 Å². The number of nitrogens with zero attached hydrogens (tertiary/aromatic N) is 2. The molecule has 7 N–H and O–H groups in total. The number of rotatable bonds is 9. The second kappa shape index (κ2) is 9.47. The molecule has 1 aromatic heterocycles. The maximum Gasteiger partial charge on any atom is 0.490 e. The number of nitrogen functional groups attached to an aromatic ring is 1. The zero-order valence-electron chi connectivity index (χ0n) is 15.7. The van der Waals surface area contributed by atoms with Crippen LogP contribution in [0, 0.1) is 0 Å². The number of alkyl halides is 2. The number of nitrogens with two attached hydrogens (primary N) is 1. The molecule has 1 fully saturated rings. The summed E-state index contributed by atoms with van der Waals surface area (Å²) in [6.07, 6.45) is -4.65. The Morgan fingerprint density at radius 2 is 1.91 bits per heavy atom. The van der Waals surface area contributed by atoms with Gasteiger partial charge in [0.05, 0.1) is 6.61 Å². The van der Waals surface area contributed by atoms with E-state index >= 15 is 0 Å². The molecule has 7 atom stereocenters. The van der Waals surface area contributed by atoms with Crippen molar-refractivity contribution in [3.05, 3.63) is 22.7 Å². The minimum atomic E-state index is -5.83. The maximum absolute atomic E-state index is 14.5. The van der Waals surface area contributed by atoms with Crippen molar-refractivity contribution in [1.29, 1.82) is 0 Å². The molecule has 1 saturated heterocycles. The van der Waals surface area contributed by atoms with Gasteiger partial charge in [-0.3, -0.25) is 9.09 Å². The van der Waals surface area contributed by atoms with Crippen molar-refractivity contribution >= 4 is 40.9 Å². The van der Waals surface area contributed by atoms with Gasteiger partial charge in [-0.05, 0) is 13.0 Å². The number of aromatic nitrogens is 2. The Labute approximate surface area is 183 Å². The summed E-state index contributed by atoms with van der Waals surface area (Å²) in [5.74, 6) is -0.159. The average Bonchev–Trinajstić information content (AvgIpc) is 2.83. The molecule has 0 aliphatic carbocycles. The van der Waals surface area contributed by atoms with E-state index in [0.717, 1.165) is 17.7 Å². The monoisotopic (exact) mass is 547 g/mol. The summed E-state index contributed by atoms with van der Waals surface area (Å²) in [4.78, 5) is 51.2. The van der Waals surface area contributed by atoms with Crippen molar-refractivity contribution in [2.45, 2.75) is 36.4 Å². The summed E-state index contributed by atoms with van der Waals surface area (Å²) in [6, 6.07) is 1.17. The average molecular weight is 548 g/mol. The molecule has 0 radical (unpaired) electrons. The molecule has 32 heavy (non-hydrogen) atoms. The minimum absolute atomic E-state index is 0.159. The lowest BCUT2D eigenvalue weighted by molar-refractivity contribution is -0.158. The van der Waals surface area contributed by atoms with Crippen molar-refractivity contribution in [2.24, 2.45) is 0 Å². The number of aliphatic hydroxyl groups excluding tert-OH is 1. The fourth-order valence-electron chi connectivity index (χ4n) is 2.66. The Bertz CT molecular complexity index is 1050. The lowest BCUT2D eigenvalue weighted by atomic mass is 9.93. The van der Waals surface area contributed by atoms with Crippen LogP contribution in [0.2, 0.25) is 0 Å². The Morgan fingerprint density at radius 3 is 2.41 bits per heavy atom. The molecule has 16 nitrogen and oxygen atoms in total. The van der Waals surface area contributed by atoms with Crippen LogP contribution >= 0.6 is 35.1 Å². The lowest BCUT2D eigenvalue weighted by Gasteiger charge is -2.33. The molecule has 0 spiro atoms. The van der Waals surface area contributed by atoms with Gasteiger partial charge in [-0.15, -0.1) is 11.6 Å². The summed E-state index contributed by atoms with van der Waals surface area (Å²) in [5, 5.41) is 8.93. The van der Waals surface area contributed by atoms with E-state index in [0.29, 0.717) is 0 Å². The fraction of sp³-hybridized carbons (Fsp3) is 0.636. The molecule has 2 rings (SSSR count). The third-order valence-electron chi connectivity index (χ3n) is 4.08. The highest BCUT2D eigenvalue weighted by Crippen LogP contribution is 2.66. The van der Waals surface area contributed by atoms with E-state index in [9.17, 15) is 32.9 Å². The van der Waals surface area contributed by atoms with Crippen LogP contribution < -0.4 is 11.4 Å². The van der Waals surface area contributed by atoms with Crippen LogP contribution in [0.1, 0.15) is 13.2 Å². The third-order valence-corrected chi connectivity index (χ3v) is 8.32. The third kappa shape index (κ3) is 6.42. The number of phosphoric ester groups is 1. The van der Waals surface area contributed by atoms with Crippen LogP contribution in [0.3, 0.4) is 0 Å². The van der Waals surface area contributed by atoms with Gasteiger partial charge in [0.25, 0.3) is 0 Å². The van der Waals surface area contributed by atoms with Gasteiger partial charge in [0.1, 0.15) is 23.5 Å². The van der Waals surface area contributed by atoms with Crippen molar-refractivity contribution in [1.82, 2.24) is 9.55 Å². The van der Waals surface area contributed by atoms with E-state index in [-0.39, 0.29) is 5.82 Å². The second-order valence-corrected chi connectivity index (χ2v) is 11.3. The molecule has 0 aromatic carbocycles. The highest BCUT2D eigenvalue weighted by atomic mass is 35.5. The first kappa shape index (κ1) is 27.5. The molecule has 21 heteroatoms. The summed E-state index contributed by atoms with van der Waals surface area (Å²) in [7, 11) is -17.1. The molecule has 4 unspecified atom stereocenters. The van der Waals surface area contributed by atoms with E-state index in [1.54, 1.807) is 0 Å². The van der Waals surface area contributed by atoms with Gasteiger partial charge in [-0.25, -0.2) is 22.9 Å². The van der Waals surface area contributed by atoms with Crippen molar-refractivity contribution in [2.75, 3.05) is 12.3 Å². The predicted octanol–water partition coefficient (Wildman–Crippen LogP) is -0.237. The first-order valence-electron chi connectivity index (χ1n) is 8.16. The van der Waals surface area contributed by atoms with E-state index in [4.69, 9.17) is 36.8 Å². The summed E-state index contributed by atoms with van der Waals surface area (Å²) < 4.78 is 66.1. The molecule has 0 saturated carbocycles. The molecule has 1 aromatic rings. The normalized spacial score (nSPS) is 31.1. The van der Waals surface area contributed by atoms with Gasteiger partial charge in [-0.2, -0.15) is 13.6 Å². The summed E-state index contributed by atoms with van der Waals surface area (Å²) >= 11 is 6.06. The topological polar surface area (TPSA) is 250 Å². The standard InChI is InChI=1S/C11H18ClFN3O13P3/c1-5(13)11(4-26-31(22,23)29-32(24,25)28-30(19,20)21)8(17)7(12)9(27-11)16-3-2-6(14)15-10(16)18/h2-3,5,7-9,17H,4H2,1H3,(H,22,23)(H,24,25)(H2,14,15,18)(H2,19,20,21)/t5?,7-,8+,9?,11+/m1/s1. The quantitative estimate of drug-likeness (QED) is 0.172. The van der Waals surface area contributed by atoms with Gasteiger partial charge < -0.3 is 35.2 Å². The molecule has 2 heterocycles. The number of phosphoric acid groups is 3. The van der Waals surface area contributed by atoms with E-state index in [1.165, 1.54) is 6.07 Å². The molecule has 184 valence electrons. The highest BCUT2D eigenvalue weighted by Gasteiger charge is 2.59. The fourth-order valence-corrected chi connectivity index (χ4v) is 6.11. The minimum Gasteiger partial charge on any atom is -0.388 e. The Hall–Kier alpha value is -0.770. The zero-order valence-corrected chi connectivity index (χ0v) is 19.2. The molecular formula is C11H18ClFN3O13P3. The Balaban J connectivity index is 2.27. The number of anilines is 1. The van der Waals surface area contributed by atoms with Gasteiger partial charge in [0.2, 0.25) is 0 Å². The zero-order chi connectivity index (χ0) is 24.7. The van der Waals surface area contributed by atoms with Crippen LogP contribution in [0.4, 0.5) is 10.2 Å². The molecule has 1 aliphatic heterocycles. The second-order valence-electron chi connectivity index (χ2n) is 6.38. The van der Waals surface area contributed by atoms with E-state index in [2.05, 4.69) is 18.1 Å². The van der Waals surface area contributed by atoms with Crippen LogP contribution in [0.15, 0.2) is 17.1 Å². The van der Waals surface area contributed by atoms with Crippen molar-refractivity contribution in [3.8, 4) is 0 Å². The Morgan fingerprint density at radius 1 is 1.31 bits per heavy atom. The summed E-state index contributed by atoms with van der Waals surface area (Å²) in [6.45, 7) is -0.494. The molecular weight excluding hydrogens is 530 g/mol. The van der Waals surface area contributed by atoms with Crippen LogP contribution in [0.5, 0.6) is 0 Å².